The molecule has 4 rings (SSSR count). The number of nitrogens with zero attached hydrogens (tertiary/aromatic N) is 1. The number of carbonyl (C=O) groups excluding carboxylic acids is 2. The van der Waals surface area contributed by atoms with Crippen molar-refractivity contribution in [3.8, 4) is 28.4 Å². The van der Waals surface area contributed by atoms with Gasteiger partial charge < -0.3 is 24.7 Å². The number of carbonyl (C=O) groups is 2. The molecule has 2 aromatic carbocycles. The first-order chi connectivity index (χ1) is 15.8. The summed E-state index contributed by atoms with van der Waals surface area (Å²) >= 11 is 0. The maximum absolute atomic E-state index is 13.6. The number of anilines is 2. The molecule has 0 atom stereocenters. The highest BCUT2D eigenvalue weighted by Gasteiger charge is 2.26. The van der Waals surface area contributed by atoms with Gasteiger partial charge in [-0.05, 0) is 48.9 Å². The van der Waals surface area contributed by atoms with Crippen LogP contribution in [0.1, 0.15) is 18.9 Å². The fourth-order valence-corrected chi connectivity index (χ4v) is 3.49. The van der Waals surface area contributed by atoms with E-state index in [1.54, 1.807) is 45.3 Å². The van der Waals surface area contributed by atoms with Crippen LogP contribution in [0.5, 0.6) is 17.2 Å². The van der Waals surface area contributed by atoms with E-state index < -0.39 is 11.5 Å². The number of pyridine rings is 1. The normalized spacial score (nSPS) is 12.4. The van der Waals surface area contributed by atoms with E-state index in [1.165, 1.54) is 22.8 Å². The zero-order chi connectivity index (χ0) is 23.7. The Morgan fingerprint density at radius 3 is 2.67 bits per heavy atom. The molecule has 1 aliphatic rings. The Labute approximate surface area is 189 Å². The molecule has 170 valence electrons. The molecule has 0 fully saturated rings. The van der Waals surface area contributed by atoms with Gasteiger partial charge in [0, 0.05) is 36.5 Å². The van der Waals surface area contributed by atoms with Gasteiger partial charge in [-0.2, -0.15) is 0 Å². The number of nitrogens with one attached hydrogen (secondary N) is 2. The minimum atomic E-state index is -0.431. The van der Waals surface area contributed by atoms with Gasteiger partial charge >= 0.3 is 0 Å². The lowest BCUT2D eigenvalue weighted by Gasteiger charge is -2.23. The van der Waals surface area contributed by atoms with E-state index in [2.05, 4.69) is 10.6 Å². The summed E-state index contributed by atoms with van der Waals surface area (Å²) in [5.74, 6) is 0.0527. The van der Waals surface area contributed by atoms with Gasteiger partial charge in [0.2, 0.25) is 5.91 Å². The van der Waals surface area contributed by atoms with Crippen molar-refractivity contribution >= 4 is 23.2 Å². The number of aromatic nitrogens is 1. The fourth-order valence-electron chi connectivity index (χ4n) is 3.49. The summed E-state index contributed by atoms with van der Waals surface area (Å²) in [6, 6.07) is 9.22. The maximum atomic E-state index is 13.6. The van der Waals surface area contributed by atoms with E-state index in [-0.39, 0.29) is 29.8 Å². The van der Waals surface area contributed by atoms with Crippen LogP contribution in [-0.2, 0) is 16.6 Å². The quantitative estimate of drug-likeness (QED) is 0.612. The Hall–Kier alpha value is -4.14. The highest BCUT2D eigenvalue weighted by Crippen LogP contribution is 2.43. The summed E-state index contributed by atoms with van der Waals surface area (Å²) in [6.45, 7) is 3.22. The molecule has 9 heteroatoms. The van der Waals surface area contributed by atoms with Crippen molar-refractivity contribution in [2.24, 2.45) is 7.05 Å². The number of aryl methyl sites for hydroxylation is 2. The molecule has 2 N–H and O–H groups in total. The number of hydrogen-bond acceptors (Lipinski definition) is 5. The Morgan fingerprint density at radius 1 is 1.18 bits per heavy atom. The van der Waals surface area contributed by atoms with Crippen molar-refractivity contribution in [1.29, 1.82) is 0 Å². The molecule has 1 aliphatic heterocycles. The molecule has 0 radical (unpaired) electrons. The third-order valence-electron chi connectivity index (χ3n) is 5.17. The minimum Gasteiger partial charge on any atom is -0.481 e. The summed E-state index contributed by atoms with van der Waals surface area (Å²) in [5, 5.41) is 5.37. The van der Waals surface area contributed by atoms with Crippen molar-refractivity contribution in [3.63, 3.8) is 0 Å². The number of rotatable bonds is 5. The van der Waals surface area contributed by atoms with Gasteiger partial charge in [0.1, 0.15) is 17.3 Å². The number of halogens is 1. The molecule has 33 heavy (non-hydrogen) atoms. The number of benzene rings is 2. The highest BCUT2D eigenvalue weighted by atomic mass is 19.1. The van der Waals surface area contributed by atoms with Crippen LogP contribution in [0.4, 0.5) is 15.8 Å². The molecule has 0 saturated carbocycles. The third kappa shape index (κ3) is 4.43. The first-order valence-electron chi connectivity index (χ1n) is 10.3. The molecular formula is C24H22FN3O5. The van der Waals surface area contributed by atoms with Gasteiger partial charge in [-0.15, -0.1) is 0 Å². The molecule has 2 heterocycles. The lowest BCUT2D eigenvalue weighted by molar-refractivity contribution is -0.118. The van der Waals surface area contributed by atoms with Gasteiger partial charge in [0.05, 0.1) is 0 Å². The lowest BCUT2D eigenvalue weighted by Crippen LogP contribution is -2.32. The predicted molar refractivity (Wildman–Crippen MR) is 121 cm³/mol. The van der Waals surface area contributed by atoms with Crippen LogP contribution in [-0.4, -0.2) is 23.0 Å². The second-order valence-electron chi connectivity index (χ2n) is 7.62. The van der Waals surface area contributed by atoms with E-state index in [0.29, 0.717) is 40.3 Å². The van der Waals surface area contributed by atoms with Crippen molar-refractivity contribution < 1.29 is 23.5 Å². The number of fused-ring (bicyclic) bond motifs is 1. The summed E-state index contributed by atoms with van der Waals surface area (Å²) in [7, 11) is 1.56. The smallest absolute Gasteiger partial charge is 0.277 e. The van der Waals surface area contributed by atoms with Crippen LogP contribution in [0.2, 0.25) is 0 Å². The molecule has 0 spiro atoms. The van der Waals surface area contributed by atoms with Gasteiger partial charge in [0.25, 0.3) is 11.5 Å². The van der Waals surface area contributed by atoms with Crippen molar-refractivity contribution in [2.75, 3.05) is 17.2 Å². The first-order valence-corrected chi connectivity index (χ1v) is 10.3. The molecule has 0 bridgehead atoms. The van der Waals surface area contributed by atoms with E-state index in [4.69, 9.17) is 9.47 Å². The predicted octanol–water partition coefficient (Wildman–Crippen LogP) is 3.97. The molecule has 8 nitrogen and oxygen atoms in total. The van der Waals surface area contributed by atoms with Crippen LogP contribution in [0.15, 0.2) is 47.4 Å². The van der Waals surface area contributed by atoms with E-state index in [1.807, 2.05) is 0 Å². The first kappa shape index (κ1) is 22.1. The standard InChI is InChI=1S/C24H22FN3O5/c1-4-20(29)26-15-6-8-19(33-18-7-5-14(25)9-13(18)2)16(10-15)17-11-28(3)24(31)22-23(17)32-12-21(30)27-22/h5-11H,4,12H2,1-3H3,(H,26,29)(H,27,30). The summed E-state index contributed by atoms with van der Waals surface area (Å²) in [4.78, 5) is 36.4. The Bertz CT molecular complexity index is 1330. The van der Waals surface area contributed by atoms with Crippen LogP contribution in [0.25, 0.3) is 11.1 Å². The Balaban J connectivity index is 1.90. The lowest BCUT2D eigenvalue weighted by atomic mass is 10.0. The molecule has 3 aromatic rings. The van der Waals surface area contributed by atoms with Crippen LogP contribution < -0.4 is 25.7 Å². The molecule has 1 aromatic heterocycles. The van der Waals surface area contributed by atoms with E-state index in [9.17, 15) is 18.8 Å². The number of hydrogen-bond donors (Lipinski definition) is 2. The van der Waals surface area contributed by atoms with Crippen molar-refractivity contribution in [3.05, 3.63) is 64.3 Å². The second-order valence-corrected chi connectivity index (χ2v) is 7.62. The maximum Gasteiger partial charge on any atom is 0.277 e. The number of ether oxygens (including phenoxy) is 2. The van der Waals surface area contributed by atoms with Crippen LogP contribution in [0.3, 0.4) is 0 Å². The second kappa shape index (κ2) is 8.78. The third-order valence-corrected chi connectivity index (χ3v) is 5.17. The summed E-state index contributed by atoms with van der Waals surface area (Å²) < 4.78 is 26.6. The summed E-state index contributed by atoms with van der Waals surface area (Å²) in [5.41, 5.74) is 1.70. The Morgan fingerprint density at radius 2 is 1.94 bits per heavy atom. The zero-order valence-electron chi connectivity index (χ0n) is 18.3. The summed E-state index contributed by atoms with van der Waals surface area (Å²) in [6.07, 6.45) is 1.87. The molecule has 0 aliphatic carbocycles. The topological polar surface area (TPSA) is 98.7 Å². The molecule has 0 unspecified atom stereocenters. The number of amides is 2. The minimum absolute atomic E-state index is 0.0261. The highest BCUT2D eigenvalue weighted by molar-refractivity contribution is 5.98. The van der Waals surface area contributed by atoms with Gasteiger partial charge in [0.15, 0.2) is 18.0 Å². The van der Waals surface area contributed by atoms with Gasteiger partial charge in [-0.25, -0.2) is 4.39 Å². The van der Waals surface area contributed by atoms with Crippen LogP contribution >= 0.6 is 0 Å². The van der Waals surface area contributed by atoms with Crippen LogP contribution in [0, 0.1) is 12.7 Å². The average Bonchev–Trinajstić information content (AvgIpc) is 2.79. The van der Waals surface area contributed by atoms with Crippen molar-refractivity contribution in [1.82, 2.24) is 4.57 Å². The fraction of sp³-hybridized carbons (Fsp3) is 0.208. The van der Waals surface area contributed by atoms with E-state index >= 15 is 0 Å². The SMILES string of the molecule is CCC(=O)Nc1ccc(Oc2ccc(F)cc2C)c(-c2cn(C)c(=O)c3c2OCC(=O)N3)c1. The van der Waals surface area contributed by atoms with E-state index in [0.717, 1.165) is 0 Å². The Kier molecular flexibility index (Phi) is 5.87. The zero-order valence-corrected chi connectivity index (χ0v) is 18.3. The molecule has 0 saturated heterocycles. The van der Waals surface area contributed by atoms with Gasteiger partial charge in [-0.1, -0.05) is 6.92 Å². The largest absolute Gasteiger partial charge is 0.481 e. The van der Waals surface area contributed by atoms with Crippen molar-refractivity contribution in [2.45, 2.75) is 20.3 Å². The molecule has 2 amide bonds. The molecular weight excluding hydrogens is 429 g/mol. The van der Waals surface area contributed by atoms with Gasteiger partial charge in [-0.3, -0.25) is 14.4 Å². The average molecular weight is 451 g/mol. The monoisotopic (exact) mass is 451 g/mol.